The van der Waals surface area contributed by atoms with E-state index in [0.29, 0.717) is 17.7 Å². The Morgan fingerprint density at radius 2 is 2.05 bits per heavy atom. The maximum absolute atomic E-state index is 5.38. The second kappa shape index (κ2) is 7.43. The number of aromatic nitrogens is 2. The minimum absolute atomic E-state index is 0.488. The highest BCUT2D eigenvalue weighted by molar-refractivity contribution is 5.23. The molecule has 2 unspecified atom stereocenters. The zero-order valence-corrected chi connectivity index (χ0v) is 12.1. The molecule has 106 valence electrons. The van der Waals surface area contributed by atoms with Crippen LogP contribution in [0.2, 0.25) is 0 Å². The van der Waals surface area contributed by atoms with Gasteiger partial charge in [0.25, 0.3) is 0 Å². The molecule has 0 bridgehead atoms. The first-order valence-corrected chi connectivity index (χ1v) is 7.42. The molecular weight excluding hydrogens is 238 g/mol. The molecule has 0 radical (unpaired) electrons. The van der Waals surface area contributed by atoms with Gasteiger partial charge in [-0.15, -0.1) is 0 Å². The summed E-state index contributed by atoms with van der Waals surface area (Å²) in [6.45, 7) is 4.39. The van der Waals surface area contributed by atoms with Crippen molar-refractivity contribution >= 4 is 0 Å². The summed E-state index contributed by atoms with van der Waals surface area (Å²) >= 11 is 0. The summed E-state index contributed by atoms with van der Waals surface area (Å²) in [5, 5.41) is 3.55. The van der Waals surface area contributed by atoms with Crippen LogP contribution in [0.3, 0.4) is 0 Å². The highest BCUT2D eigenvalue weighted by Gasteiger charge is 2.29. The third-order valence-electron chi connectivity index (χ3n) is 3.98. The van der Waals surface area contributed by atoms with Crippen LogP contribution in [0.25, 0.3) is 0 Å². The molecule has 2 atom stereocenters. The van der Waals surface area contributed by atoms with Crippen molar-refractivity contribution in [3.63, 3.8) is 0 Å². The van der Waals surface area contributed by atoms with Crippen molar-refractivity contribution < 1.29 is 4.74 Å². The summed E-state index contributed by atoms with van der Waals surface area (Å²) in [7, 11) is 1.68. The molecule has 0 spiro atoms. The van der Waals surface area contributed by atoms with Crippen LogP contribution in [0.1, 0.15) is 50.6 Å². The van der Waals surface area contributed by atoms with Crippen LogP contribution in [0.15, 0.2) is 12.4 Å². The lowest BCUT2D eigenvalue weighted by molar-refractivity contribution is 0.280. The maximum Gasteiger partial charge on any atom is 0.235 e. The zero-order valence-electron chi connectivity index (χ0n) is 12.1. The molecule has 1 aromatic heterocycles. The van der Waals surface area contributed by atoms with Gasteiger partial charge in [0.1, 0.15) is 5.69 Å². The molecule has 1 saturated carbocycles. The van der Waals surface area contributed by atoms with Gasteiger partial charge in [0.15, 0.2) is 0 Å². The average Bonchev–Trinajstić information content (AvgIpc) is 2.48. The van der Waals surface area contributed by atoms with Crippen molar-refractivity contribution in [1.82, 2.24) is 15.3 Å². The number of hydrogen-bond donors (Lipinski definition) is 1. The van der Waals surface area contributed by atoms with E-state index in [1.54, 1.807) is 19.5 Å². The molecule has 1 N–H and O–H groups in total. The van der Waals surface area contributed by atoms with E-state index in [9.17, 15) is 0 Å². The van der Waals surface area contributed by atoms with Crippen molar-refractivity contribution in [2.45, 2.75) is 44.9 Å². The van der Waals surface area contributed by atoms with Crippen molar-refractivity contribution in [3.8, 4) is 5.88 Å². The molecule has 4 heteroatoms. The van der Waals surface area contributed by atoms with Crippen molar-refractivity contribution in [3.05, 3.63) is 18.1 Å². The number of nitrogens with one attached hydrogen (secondary N) is 1. The van der Waals surface area contributed by atoms with Crippen LogP contribution in [-0.4, -0.2) is 30.2 Å². The molecule has 0 amide bonds. The third-order valence-corrected chi connectivity index (χ3v) is 3.98. The lowest BCUT2D eigenvalue weighted by atomic mass is 9.77. The first-order chi connectivity index (χ1) is 9.36. The highest BCUT2D eigenvalue weighted by Crippen LogP contribution is 2.39. The Morgan fingerprint density at radius 1 is 1.26 bits per heavy atom. The Hall–Kier alpha value is -1.16. The summed E-state index contributed by atoms with van der Waals surface area (Å²) in [6, 6.07) is 0. The van der Waals surface area contributed by atoms with Crippen LogP contribution < -0.4 is 10.1 Å². The van der Waals surface area contributed by atoms with Gasteiger partial charge in [-0.3, -0.25) is 4.98 Å². The van der Waals surface area contributed by atoms with E-state index in [1.165, 1.54) is 32.1 Å². The summed E-state index contributed by atoms with van der Waals surface area (Å²) in [5.41, 5.74) is 1.05. The fourth-order valence-corrected chi connectivity index (χ4v) is 3.02. The quantitative estimate of drug-likeness (QED) is 0.802. The van der Waals surface area contributed by atoms with Gasteiger partial charge >= 0.3 is 0 Å². The molecule has 1 fully saturated rings. The van der Waals surface area contributed by atoms with Gasteiger partial charge in [-0.1, -0.05) is 19.8 Å². The van der Waals surface area contributed by atoms with E-state index in [2.05, 4.69) is 22.2 Å². The van der Waals surface area contributed by atoms with Crippen LogP contribution in [0.5, 0.6) is 5.88 Å². The molecule has 0 aromatic carbocycles. The van der Waals surface area contributed by atoms with E-state index >= 15 is 0 Å². The van der Waals surface area contributed by atoms with Crippen molar-refractivity contribution in [2.75, 3.05) is 20.2 Å². The number of nitrogens with zero attached hydrogens (tertiary/aromatic N) is 2. The standard InChI is InChI=1S/C15H25N3O/c1-3-8-16-11-12-6-4-5-7-13(12)14-15(19-2)18-10-9-17-14/h9-10,12-13,16H,3-8,11H2,1-2H3. The van der Waals surface area contributed by atoms with E-state index in [4.69, 9.17) is 4.74 Å². The molecule has 1 aliphatic rings. The predicted molar refractivity (Wildman–Crippen MR) is 76.4 cm³/mol. The lowest BCUT2D eigenvalue weighted by Crippen LogP contribution is -2.30. The molecule has 2 rings (SSSR count). The third kappa shape index (κ3) is 3.66. The average molecular weight is 263 g/mol. The summed E-state index contributed by atoms with van der Waals surface area (Å²) in [5.74, 6) is 1.85. The normalized spacial score (nSPS) is 23.3. The second-order valence-electron chi connectivity index (χ2n) is 5.31. The number of rotatable bonds is 6. The minimum atomic E-state index is 0.488. The van der Waals surface area contributed by atoms with Gasteiger partial charge in [0, 0.05) is 18.3 Å². The van der Waals surface area contributed by atoms with E-state index < -0.39 is 0 Å². The molecule has 1 heterocycles. The van der Waals surface area contributed by atoms with Crippen molar-refractivity contribution in [2.24, 2.45) is 5.92 Å². The Balaban J connectivity index is 2.09. The van der Waals surface area contributed by atoms with Gasteiger partial charge in [-0.05, 0) is 38.3 Å². The Labute approximate surface area is 116 Å². The van der Waals surface area contributed by atoms with Gasteiger partial charge in [-0.2, -0.15) is 0 Å². The summed E-state index contributed by atoms with van der Waals surface area (Å²) < 4.78 is 5.38. The lowest BCUT2D eigenvalue weighted by Gasteiger charge is -2.31. The first-order valence-electron chi connectivity index (χ1n) is 7.42. The molecule has 4 nitrogen and oxygen atoms in total. The maximum atomic E-state index is 5.38. The Morgan fingerprint density at radius 3 is 2.84 bits per heavy atom. The molecule has 0 aliphatic heterocycles. The minimum Gasteiger partial charge on any atom is -0.480 e. The number of hydrogen-bond acceptors (Lipinski definition) is 4. The fourth-order valence-electron chi connectivity index (χ4n) is 3.02. The summed E-state index contributed by atoms with van der Waals surface area (Å²) in [6.07, 6.45) is 9.77. The Kier molecular flexibility index (Phi) is 5.58. The van der Waals surface area contributed by atoms with E-state index in [-0.39, 0.29) is 0 Å². The van der Waals surface area contributed by atoms with Crippen molar-refractivity contribution in [1.29, 1.82) is 0 Å². The van der Waals surface area contributed by atoms with E-state index in [1.807, 2.05) is 0 Å². The molecule has 19 heavy (non-hydrogen) atoms. The van der Waals surface area contributed by atoms with Crippen LogP contribution >= 0.6 is 0 Å². The van der Waals surface area contributed by atoms with Crippen LogP contribution in [0.4, 0.5) is 0 Å². The van der Waals surface area contributed by atoms with Gasteiger partial charge in [0.2, 0.25) is 5.88 Å². The molecular formula is C15H25N3O. The topological polar surface area (TPSA) is 47.0 Å². The van der Waals surface area contributed by atoms with Gasteiger partial charge < -0.3 is 10.1 Å². The highest BCUT2D eigenvalue weighted by atomic mass is 16.5. The SMILES string of the molecule is CCCNCC1CCCCC1c1nccnc1OC. The Bertz CT molecular complexity index is 383. The second-order valence-corrected chi connectivity index (χ2v) is 5.31. The predicted octanol–water partition coefficient (Wildman–Crippen LogP) is 2.76. The van der Waals surface area contributed by atoms with Crippen LogP contribution in [0, 0.1) is 5.92 Å². The molecule has 1 aliphatic carbocycles. The van der Waals surface area contributed by atoms with Gasteiger partial charge in [-0.25, -0.2) is 4.98 Å². The largest absolute Gasteiger partial charge is 0.480 e. The number of ether oxygens (including phenoxy) is 1. The first kappa shape index (κ1) is 14.3. The zero-order chi connectivity index (χ0) is 13.5. The van der Waals surface area contributed by atoms with Crippen LogP contribution in [-0.2, 0) is 0 Å². The summed E-state index contributed by atoms with van der Waals surface area (Å²) in [4.78, 5) is 8.83. The molecule has 0 saturated heterocycles. The smallest absolute Gasteiger partial charge is 0.235 e. The number of methoxy groups -OCH3 is 1. The monoisotopic (exact) mass is 263 g/mol. The van der Waals surface area contributed by atoms with E-state index in [0.717, 1.165) is 18.8 Å². The molecule has 1 aromatic rings. The van der Waals surface area contributed by atoms with Gasteiger partial charge in [0.05, 0.1) is 7.11 Å². The fraction of sp³-hybridized carbons (Fsp3) is 0.733.